The van der Waals surface area contributed by atoms with Crippen molar-refractivity contribution in [3.05, 3.63) is 53.5 Å². The van der Waals surface area contributed by atoms with Crippen LogP contribution < -0.4 is 5.73 Å². The molecule has 2 aromatic rings. The third-order valence-corrected chi connectivity index (χ3v) is 4.63. The number of benzene rings is 1. The standard InChI is InChI=1S/C16H20N2O3S.ClH/c1-11(12-4-6-15(7-5-12)22(3)20)18(2)16(19)13-8-14(9-17)21-10-13;/h4-8,10-11H,9,17H2,1-3H3;1H. The third-order valence-electron chi connectivity index (χ3n) is 3.70. The molecular weight excluding hydrogens is 336 g/mol. The highest BCUT2D eigenvalue weighted by Gasteiger charge is 2.20. The summed E-state index contributed by atoms with van der Waals surface area (Å²) in [6, 6.07) is 8.99. The van der Waals surface area contributed by atoms with Crippen LogP contribution in [0.15, 0.2) is 45.9 Å². The number of nitrogens with zero attached hydrogens (tertiary/aromatic N) is 1. The maximum Gasteiger partial charge on any atom is 0.257 e. The van der Waals surface area contributed by atoms with Gasteiger partial charge in [0.25, 0.3) is 5.91 Å². The van der Waals surface area contributed by atoms with Crippen molar-refractivity contribution >= 4 is 29.1 Å². The zero-order chi connectivity index (χ0) is 16.3. The third kappa shape index (κ3) is 4.43. The minimum absolute atomic E-state index is 0. The van der Waals surface area contributed by atoms with Crippen molar-refractivity contribution in [1.29, 1.82) is 0 Å². The number of halogens is 1. The fraction of sp³-hybridized carbons (Fsp3) is 0.312. The molecule has 126 valence electrons. The molecule has 1 heterocycles. The molecule has 0 fully saturated rings. The molecule has 2 unspecified atom stereocenters. The molecule has 0 bridgehead atoms. The fourth-order valence-corrected chi connectivity index (χ4v) is 2.66. The number of nitrogens with two attached hydrogens (primary N) is 1. The van der Waals surface area contributed by atoms with E-state index in [-0.39, 0.29) is 30.9 Å². The summed E-state index contributed by atoms with van der Waals surface area (Å²) in [5.74, 6) is 0.457. The average Bonchev–Trinajstić information content (AvgIpc) is 3.01. The van der Waals surface area contributed by atoms with Crippen molar-refractivity contribution in [2.75, 3.05) is 13.3 Å². The Morgan fingerprint density at radius 1 is 1.35 bits per heavy atom. The SMILES string of the molecule is CC(c1ccc(S(C)=O)cc1)N(C)C(=O)c1coc(CN)c1.Cl. The minimum atomic E-state index is -1.00. The van der Waals surface area contributed by atoms with Gasteiger partial charge in [-0.1, -0.05) is 12.1 Å². The van der Waals surface area contributed by atoms with E-state index in [2.05, 4.69) is 0 Å². The first kappa shape index (κ1) is 19.4. The Balaban J connectivity index is 0.00000264. The van der Waals surface area contributed by atoms with Gasteiger partial charge in [0.2, 0.25) is 0 Å². The quantitative estimate of drug-likeness (QED) is 0.893. The highest BCUT2D eigenvalue weighted by atomic mass is 35.5. The molecule has 0 saturated heterocycles. The summed E-state index contributed by atoms with van der Waals surface area (Å²) in [7, 11) is 0.741. The molecular formula is C16H21ClN2O3S. The van der Waals surface area contributed by atoms with Crippen LogP contribution >= 0.6 is 12.4 Å². The van der Waals surface area contributed by atoms with E-state index >= 15 is 0 Å². The first-order chi connectivity index (χ1) is 10.4. The minimum Gasteiger partial charge on any atom is -0.467 e. The van der Waals surface area contributed by atoms with E-state index < -0.39 is 10.8 Å². The van der Waals surface area contributed by atoms with Crippen molar-refractivity contribution in [2.24, 2.45) is 5.73 Å². The molecule has 1 aromatic carbocycles. The fourth-order valence-electron chi connectivity index (χ4n) is 2.14. The first-order valence-corrected chi connectivity index (χ1v) is 8.48. The summed E-state index contributed by atoms with van der Waals surface area (Å²) < 4.78 is 16.6. The molecule has 2 N–H and O–H groups in total. The summed E-state index contributed by atoms with van der Waals surface area (Å²) in [5.41, 5.74) is 6.95. The molecule has 23 heavy (non-hydrogen) atoms. The van der Waals surface area contributed by atoms with Crippen molar-refractivity contribution in [2.45, 2.75) is 24.4 Å². The number of hydrogen-bond donors (Lipinski definition) is 1. The molecule has 5 nitrogen and oxygen atoms in total. The van der Waals surface area contributed by atoms with Gasteiger partial charge in [-0.3, -0.25) is 9.00 Å². The number of amides is 1. The van der Waals surface area contributed by atoms with Gasteiger partial charge in [0.05, 0.1) is 18.2 Å². The van der Waals surface area contributed by atoms with Gasteiger partial charge in [-0.05, 0) is 30.7 Å². The van der Waals surface area contributed by atoms with Gasteiger partial charge in [0.15, 0.2) is 0 Å². The van der Waals surface area contributed by atoms with E-state index in [1.165, 1.54) is 6.26 Å². The highest BCUT2D eigenvalue weighted by Crippen LogP contribution is 2.22. The molecule has 0 saturated carbocycles. The topological polar surface area (TPSA) is 76.5 Å². The van der Waals surface area contributed by atoms with Gasteiger partial charge in [-0.25, -0.2) is 0 Å². The maximum absolute atomic E-state index is 12.4. The number of carbonyl (C=O) groups is 1. The van der Waals surface area contributed by atoms with Crippen LogP contribution in [0.4, 0.5) is 0 Å². The zero-order valence-electron chi connectivity index (χ0n) is 13.3. The van der Waals surface area contributed by atoms with Crippen LogP contribution in [0.3, 0.4) is 0 Å². The van der Waals surface area contributed by atoms with E-state index in [4.69, 9.17) is 10.2 Å². The largest absolute Gasteiger partial charge is 0.467 e. The van der Waals surface area contributed by atoms with Gasteiger partial charge in [0.1, 0.15) is 12.0 Å². The van der Waals surface area contributed by atoms with Crippen LogP contribution in [0.2, 0.25) is 0 Å². The molecule has 2 rings (SSSR count). The zero-order valence-corrected chi connectivity index (χ0v) is 14.9. The molecule has 0 aliphatic rings. The summed E-state index contributed by atoms with van der Waals surface area (Å²) in [5, 5.41) is 0. The summed E-state index contributed by atoms with van der Waals surface area (Å²) >= 11 is 0. The Hall–Kier alpha value is -1.63. The summed E-state index contributed by atoms with van der Waals surface area (Å²) in [6.07, 6.45) is 3.07. The molecule has 7 heteroatoms. The second kappa shape index (κ2) is 8.29. The predicted octanol–water partition coefficient (Wildman–Crippen LogP) is 2.73. The normalized spacial score (nSPS) is 13.0. The smallest absolute Gasteiger partial charge is 0.257 e. The Morgan fingerprint density at radius 2 is 1.96 bits per heavy atom. The van der Waals surface area contributed by atoms with Gasteiger partial charge in [-0.2, -0.15) is 0 Å². The van der Waals surface area contributed by atoms with E-state index in [1.807, 2.05) is 31.2 Å². The van der Waals surface area contributed by atoms with E-state index in [0.717, 1.165) is 10.5 Å². The van der Waals surface area contributed by atoms with Crippen molar-refractivity contribution in [3.8, 4) is 0 Å². The number of hydrogen-bond acceptors (Lipinski definition) is 4. The Labute approximate surface area is 144 Å². The maximum atomic E-state index is 12.4. The van der Waals surface area contributed by atoms with Gasteiger partial charge >= 0.3 is 0 Å². The summed E-state index contributed by atoms with van der Waals surface area (Å²) in [4.78, 5) is 14.9. The summed E-state index contributed by atoms with van der Waals surface area (Å²) in [6.45, 7) is 2.21. The molecule has 0 aliphatic heterocycles. The lowest BCUT2D eigenvalue weighted by Crippen LogP contribution is -2.29. The van der Waals surface area contributed by atoms with Gasteiger partial charge < -0.3 is 15.1 Å². The highest BCUT2D eigenvalue weighted by molar-refractivity contribution is 7.84. The first-order valence-electron chi connectivity index (χ1n) is 6.92. The Kier molecular flexibility index (Phi) is 7.00. The van der Waals surface area contributed by atoms with Crippen LogP contribution in [0.1, 0.15) is 34.6 Å². The Bertz CT molecular complexity index is 685. The Morgan fingerprint density at radius 3 is 2.43 bits per heavy atom. The lowest BCUT2D eigenvalue weighted by Gasteiger charge is -2.25. The van der Waals surface area contributed by atoms with Crippen LogP contribution in [0, 0.1) is 0 Å². The predicted molar refractivity (Wildman–Crippen MR) is 93.1 cm³/mol. The van der Waals surface area contributed by atoms with Gasteiger partial charge in [0, 0.05) is 29.0 Å². The second-order valence-electron chi connectivity index (χ2n) is 5.12. The molecule has 0 radical (unpaired) electrons. The lowest BCUT2D eigenvalue weighted by molar-refractivity contribution is 0.0742. The number of rotatable bonds is 5. The van der Waals surface area contributed by atoms with Crippen LogP contribution in [-0.4, -0.2) is 28.3 Å². The molecule has 0 spiro atoms. The number of carbonyl (C=O) groups excluding carboxylic acids is 1. The van der Waals surface area contributed by atoms with E-state index in [9.17, 15) is 9.00 Å². The molecule has 1 aromatic heterocycles. The average molecular weight is 357 g/mol. The van der Waals surface area contributed by atoms with Crippen molar-refractivity contribution in [1.82, 2.24) is 4.90 Å². The van der Waals surface area contributed by atoms with E-state index in [1.54, 1.807) is 24.3 Å². The molecule has 1 amide bonds. The van der Waals surface area contributed by atoms with E-state index in [0.29, 0.717) is 11.3 Å². The molecule has 0 aliphatic carbocycles. The lowest BCUT2D eigenvalue weighted by atomic mass is 10.1. The van der Waals surface area contributed by atoms with Crippen LogP contribution in [0.5, 0.6) is 0 Å². The van der Waals surface area contributed by atoms with Crippen molar-refractivity contribution < 1.29 is 13.4 Å². The number of furan rings is 1. The van der Waals surface area contributed by atoms with Crippen LogP contribution in [0.25, 0.3) is 0 Å². The second-order valence-corrected chi connectivity index (χ2v) is 6.50. The van der Waals surface area contributed by atoms with Gasteiger partial charge in [-0.15, -0.1) is 12.4 Å². The monoisotopic (exact) mass is 356 g/mol. The molecule has 2 atom stereocenters. The van der Waals surface area contributed by atoms with Crippen molar-refractivity contribution in [3.63, 3.8) is 0 Å². The van der Waals surface area contributed by atoms with Crippen LogP contribution in [-0.2, 0) is 17.3 Å².